The van der Waals surface area contributed by atoms with Crippen molar-refractivity contribution in [2.24, 2.45) is 0 Å². The Hall–Kier alpha value is -1.14. The molecule has 1 N–H and O–H groups in total. The fourth-order valence-corrected chi connectivity index (χ4v) is 3.13. The third-order valence-corrected chi connectivity index (χ3v) is 4.33. The first-order valence-electron chi connectivity index (χ1n) is 7.38. The van der Waals surface area contributed by atoms with Crippen LogP contribution in [0.5, 0.6) is 0 Å². The van der Waals surface area contributed by atoms with Crippen molar-refractivity contribution in [1.82, 2.24) is 10.3 Å². The molecule has 1 aliphatic heterocycles. The van der Waals surface area contributed by atoms with E-state index in [0.717, 1.165) is 36.8 Å². The number of hydrogen-bond acceptors (Lipinski definition) is 5. The van der Waals surface area contributed by atoms with Crippen molar-refractivity contribution < 1.29 is 14.3 Å². The van der Waals surface area contributed by atoms with Gasteiger partial charge in [-0.1, -0.05) is 0 Å². The van der Waals surface area contributed by atoms with Crippen molar-refractivity contribution >= 4 is 17.4 Å². The Bertz CT molecular complexity index is 476. The molecule has 0 saturated carbocycles. The Morgan fingerprint density at radius 3 is 2.76 bits per heavy atom. The molecule has 1 saturated heterocycles. The van der Waals surface area contributed by atoms with Crippen molar-refractivity contribution in [3.63, 3.8) is 0 Å². The van der Waals surface area contributed by atoms with Gasteiger partial charge < -0.3 is 14.8 Å². The summed E-state index contributed by atoms with van der Waals surface area (Å²) >= 11 is 1.59. The number of alkyl carbamates (subject to hydrolysis) is 1. The van der Waals surface area contributed by atoms with Gasteiger partial charge in [0.2, 0.25) is 0 Å². The maximum Gasteiger partial charge on any atom is 0.408 e. The lowest BCUT2D eigenvalue weighted by atomic mass is 9.97. The van der Waals surface area contributed by atoms with E-state index in [9.17, 15) is 4.79 Å². The lowest BCUT2D eigenvalue weighted by molar-refractivity contribution is 0.0508. The van der Waals surface area contributed by atoms with Crippen LogP contribution in [0.15, 0.2) is 5.38 Å². The third-order valence-electron chi connectivity index (χ3n) is 3.28. The van der Waals surface area contributed by atoms with E-state index in [0.29, 0.717) is 5.92 Å². The predicted molar refractivity (Wildman–Crippen MR) is 82.7 cm³/mol. The molecule has 0 aliphatic carbocycles. The molecule has 1 amide bonds. The Balaban J connectivity index is 1.92. The second kappa shape index (κ2) is 6.75. The van der Waals surface area contributed by atoms with Gasteiger partial charge in [-0.3, -0.25) is 0 Å². The minimum absolute atomic E-state index is 0.140. The Morgan fingerprint density at radius 1 is 1.48 bits per heavy atom. The number of hydrogen-bond donors (Lipinski definition) is 1. The maximum absolute atomic E-state index is 11.8. The highest BCUT2D eigenvalue weighted by Gasteiger charge is 2.22. The van der Waals surface area contributed by atoms with Crippen molar-refractivity contribution in [3.8, 4) is 0 Å². The van der Waals surface area contributed by atoms with E-state index < -0.39 is 11.7 Å². The second-order valence-corrected chi connectivity index (χ2v) is 7.25. The number of nitrogens with one attached hydrogen (secondary N) is 1. The summed E-state index contributed by atoms with van der Waals surface area (Å²) in [5.74, 6) is 0.484. The fraction of sp³-hybridized carbons (Fsp3) is 0.733. The van der Waals surface area contributed by atoms with E-state index in [1.54, 1.807) is 11.3 Å². The zero-order chi connectivity index (χ0) is 15.5. The summed E-state index contributed by atoms with van der Waals surface area (Å²) in [6.45, 7) is 9.10. The minimum Gasteiger partial charge on any atom is -0.444 e. The largest absolute Gasteiger partial charge is 0.444 e. The Kier molecular flexibility index (Phi) is 5.22. The molecular formula is C15H24N2O3S. The summed E-state index contributed by atoms with van der Waals surface area (Å²) in [5.41, 5.74) is 0.635. The van der Waals surface area contributed by atoms with Gasteiger partial charge >= 0.3 is 6.09 Å². The van der Waals surface area contributed by atoms with Crippen molar-refractivity contribution in [2.75, 3.05) is 13.2 Å². The van der Waals surface area contributed by atoms with Crippen LogP contribution in [0.4, 0.5) is 4.79 Å². The maximum atomic E-state index is 11.8. The van der Waals surface area contributed by atoms with Crippen molar-refractivity contribution in [3.05, 3.63) is 16.1 Å². The minimum atomic E-state index is -0.486. The molecule has 2 heterocycles. The molecule has 5 nitrogen and oxygen atoms in total. The molecule has 1 aliphatic rings. The highest BCUT2D eigenvalue weighted by Crippen LogP contribution is 2.29. The van der Waals surface area contributed by atoms with Gasteiger partial charge in [0.1, 0.15) is 10.6 Å². The van der Waals surface area contributed by atoms with E-state index in [2.05, 4.69) is 15.7 Å². The number of ether oxygens (including phenoxy) is 2. The van der Waals surface area contributed by atoms with Gasteiger partial charge in [0.15, 0.2) is 0 Å². The van der Waals surface area contributed by atoms with Crippen LogP contribution in [0.25, 0.3) is 0 Å². The molecule has 0 radical (unpaired) electrons. The molecule has 2 rings (SSSR count). The first kappa shape index (κ1) is 16.2. The van der Waals surface area contributed by atoms with Gasteiger partial charge in [-0.05, 0) is 40.5 Å². The zero-order valence-corrected chi connectivity index (χ0v) is 14.0. The second-order valence-electron chi connectivity index (χ2n) is 6.37. The summed E-state index contributed by atoms with van der Waals surface area (Å²) < 4.78 is 10.6. The van der Waals surface area contributed by atoms with E-state index >= 15 is 0 Å². The molecule has 1 atom stereocenters. The highest BCUT2D eigenvalue weighted by molar-refractivity contribution is 7.09. The first-order valence-corrected chi connectivity index (χ1v) is 8.25. The van der Waals surface area contributed by atoms with Gasteiger partial charge in [-0.25, -0.2) is 9.78 Å². The number of aromatic nitrogens is 1. The van der Waals surface area contributed by atoms with Crippen LogP contribution < -0.4 is 5.32 Å². The summed E-state index contributed by atoms with van der Waals surface area (Å²) in [4.78, 5) is 16.5. The molecule has 1 fully saturated rings. The van der Waals surface area contributed by atoms with Crippen LogP contribution >= 0.6 is 11.3 Å². The standard InChI is InChI=1S/C15H24N2O3S/c1-10(16-14(18)20-15(2,3)4)13-17-12(9-21-13)11-5-7-19-8-6-11/h9-11H,5-8H2,1-4H3,(H,16,18)/t10-/m1/s1. The van der Waals surface area contributed by atoms with Crippen LogP contribution in [-0.2, 0) is 9.47 Å². The fourth-order valence-electron chi connectivity index (χ4n) is 2.23. The number of amides is 1. The normalized spacial score (nSPS) is 18.3. The number of carbonyl (C=O) groups is 1. The SMILES string of the molecule is C[C@@H](NC(=O)OC(C)(C)C)c1nc(C2CCOCC2)cs1. The number of thiazole rings is 1. The van der Waals surface area contributed by atoms with E-state index in [1.807, 2.05) is 27.7 Å². The third kappa shape index (κ3) is 4.97. The van der Waals surface area contributed by atoms with Crippen molar-refractivity contribution in [1.29, 1.82) is 0 Å². The van der Waals surface area contributed by atoms with Crippen LogP contribution in [0.2, 0.25) is 0 Å². The molecular weight excluding hydrogens is 288 g/mol. The monoisotopic (exact) mass is 312 g/mol. The summed E-state index contributed by atoms with van der Waals surface area (Å²) in [5, 5.41) is 5.85. The van der Waals surface area contributed by atoms with Gasteiger partial charge in [0.25, 0.3) is 0 Å². The molecule has 118 valence electrons. The first-order chi connectivity index (χ1) is 9.85. The highest BCUT2D eigenvalue weighted by atomic mass is 32.1. The van der Waals surface area contributed by atoms with E-state index in [-0.39, 0.29) is 6.04 Å². The van der Waals surface area contributed by atoms with E-state index in [1.165, 1.54) is 0 Å². The lowest BCUT2D eigenvalue weighted by Crippen LogP contribution is -2.34. The van der Waals surface area contributed by atoms with Gasteiger partial charge in [-0.15, -0.1) is 11.3 Å². The van der Waals surface area contributed by atoms with Crippen LogP contribution in [0, 0.1) is 0 Å². The molecule has 1 aromatic rings. The van der Waals surface area contributed by atoms with Crippen LogP contribution in [0.3, 0.4) is 0 Å². The molecule has 6 heteroatoms. The summed E-state index contributed by atoms with van der Waals surface area (Å²) in [6.07, 6.45) is 1.64. The number of carbonyl (C=O) groups excluding carboxylic acids is 1. The van der Waals surface area contributed by atoms with Crippen molar-refractivity contribution in [2.45, 2.75) is 58.1 Å². The average molecular weight is 312 g/mol. The average Bonchev–Trinajstić information content (AvgIpc) is 2.87. The summed E-state index contributed by atoms with van der Waals surface area (Å²) in [7, 11) is 0. The smallest absolute Gasteiger partial charge is 0.408 e. The Morgan fingerprint density at radius 2 is 2.14 bits per heavy atom. The topological polar surface area (TPSA) is 60.5 Å². The molecule has 0 bridgehead atoms. The zero-order valence-electron chi connectivity index (χ0n) is 13.1. The number of nitrogens with zero attached hydrogens (tertiary/aromatic N) is 1. The molecule has 0 spiro atoms. The van der Waals surface area contributed by atoms with E-state index in [4.69, 9.17) is 9.47 Å². The number of rotatable bonds is 3. The molecule has 0 unspecified atom stereocenters. The quantitative estimate of drug-likeness (QED) is 0.926. The van der Waals surface area contributed by atoms with Crippen LogP contribution in [-0.4, -0.2) is 29.9 Å². The van der Waals surface area contributed by atoms with Gasteiger partial charge in [0, 0.05) is 24.5 Å². The predicted octanol–water partition coefficient (Wildman–Crippen LogP) is 3.62. The molecule has 0 aromatic carbocycles. The molecule has 1 aromatic heterocycles. The van der Waals surface area contributed by atoms with Crippen LogP contribution in [0.1, 0.15) is 63.2 Å². The summed E-state index contributed by atoms with van der Waals surface area (Å²) in [6, 6.07) is -0.140. The van der Waals surface area contributed by atoms with Gasteiger partial charge in [0.05, 0.1) is 11.7 Å². The molecule has 21 heavy (non-hydrogen) atoms. The lowest BCUT2D eigenvalue weighted by Gasteiger charge is -2.21. The van der Waals surface area contributed by atoms with Gasteiger partial charge in [-0.2, -0.15) is 0 Å². The Labute approximate surface area is 130 Å².